The normalized spacial score (nSPS) is 15.0. The molecule has 7 nitrogen and oxygen atoms in total. The molecule has 1 aromatic heterocycles. The van der Waals surface area contributed by atoms with Gasteiger partial charge in [0.15, 0.2) is 0 Å². The number of likely N-dealkylation sites (N-methyl/N-ethyl adjacent to an activating group) is 1. The van der Waals surface area contributed by atoms with Crippen LogP contribution in [0.25, 0.3) is 11.1 Å². The molecule has 1 N–H and O–H groups in total. The number of aromatic nitrogens is 1. The van der Waals surface area contributed by atoms with E-state index in [1.165, 1.54) is 12.1 Å². The molecule has 0 bridgehead atoms. The smallest absolute Gasteiger partial charge is 0.412 e. The molecule has 0 saturated carbocycles. The lowest BCUT2D eigenvalue weighted by atomic mass is 9.93. The van der Waals surface area contributed by atoms with Crippen LogP contribution < -0.4 is 5.32 Å². The maximum atomic E-state index is 12.9. The molecule has 0 atom stereocenters. The summed E-state index contributed by atoms with van der Waals surface area (Å²) >= 11 is 0. The number of hydrogen-bond donors (Lipinski definition) is 1. The zero-order chi connectivity index (χ0) is 30.2. The van der Waals surface area contributed by atoms with E-state index >= 15 is 0 Å². The van der Waals surface area contributed by atoms with E-state index in [2.05, 4.69) is 46.1 Å². The van der Waals surface area contributed by atoms with E-state index in [1.54, 1.807) is 0 Å². The lowest BCUT2D eigenvalue weighted by molar-refractivity contribution is -0.0166. The molecule has 232 valence electrons. The summed E-state index contributed by atoms with van der Waals surface area (Å²) in [4.78, 5) is 22.3. The van der Waals surface area contributed by atoms with Gasteiger partial charge in [0.05, 0.1) is 5.69 Å². The number of amides is 1. The molecule has 0 spiro atoms. The van der Waals surface area contributed by atoms with Crippen LogP contribution >= 0.6 is 0 Å². The maximum absolute atomic E-state index is 12.9. The highest BCUT2D eigenvalue weighted by molar-refractivity contribution is 5.91. The van der Waals surface area contributed by atoms with Crippen molar-refractivity contribution in [3.05, 3.63) is 84.7 Å². The molecule has 0 radical (unpaired) electrons. The number of anilines is 1. The van der Waals surface area contributed by atoms with Gasteiger partial charge in [-0.05, 0) is 88.8 Å². The van der Waals surface area contributed by atoms with Crippen LogP contribution in [0, 0.1) is 0 Å². The van der Waals surface area contributed by atoms with Crippen molar-refractivity contribution in [1.29, 1.82) is 0 Å². The number of nitrogens with zero attached hydrogens (tertiary/aromatic N) is 3. The number of carbonyl (C=O) groups excluding carboxylic acids is 1. The van der Waals surface area contributed by atoms with Gasteiger partial charge in [0.2, 0.25) is 0 Å². The molecule has 3 aromatic rings. The zero-order valence-electron chi connectivity index (χ0n) is 26.2. The van der Waals surface area contributed by atoms with E-state index in [-0.39, 0.29) is 6.09 Å². The summed E-state index contributed by atoms with van der Waals surface area (Å²) in [6.07, 6.45) is 8.67. The summed E-state index contributed by atoms with van der Waals surface area (Å²) in [5, 5.41) is 2.99. The van der Waals surface area contributed by atoms with Crippen molar-refractivity contribution in [3.8, 4) is 11.1 Å². The van der Waals surface area contributed by atoms with Crippen molar-refractivity contribution < 1.29 is 14.3 Å². The number of carbonyl (C=O) groups is 1. The molecule has 7 heteroatoms. The minimum atomic E-state index is -0.447. The van der Waals surface area contributed by atoms with Crippen molar-refractivity contribution in [3.63, 3.8) is 0 Å². The number of piperidine rings is 1. The Kier molecular flexibility index (Phi) is 13.5. The largest absolute Gasteiger partial charge is 0.443 e. The summed E-state index contributed by atoms with van der Waals surface area (Å²) in [5.74, 6) is 0. The van der Waals surface area contributed by atoms with Crippen LogP contribution in [0.2, 0.25) is 0 Å². The SMILES string of the molecule is CCN(CCCCOCCCCN1CCC(C)(OC(=O)Nc2ccccc2-c2ccccc2)CC1)CCc1ccccn1. The topological polar surface area (TPSA) is 66.9 Å². The first-order valence-electron chi connectivity index (χ1n) is 16.1. The first-order valence-corrected chi connectivity index (χ1v) is 16.1. The van der Waals surface area contributed by atoms with Gasteiger partial charge < -0.3 is 19.3 Å². The fraction of sp³-hybridized carbons (Fsp3) is 0.500. The average Bonchev–Trinajstić information content (AvgIpc) is 3.03. The predicted octanol–water partition coefficient (Wildman–Crippen LogP) is 7.29. The lowest BCUT2D eigenvalue weighted by Crippen LogP contribution is -2.46. The highest BCUT2D eigenvalue weighted by Gasteiger charge is 2.33. The average molecular weight is 587 g/mol. The number of nitrogens with one attached hydrogen (secondary N) is 1. The molecule has 1 aliphatic heterocycles. The van der Waals surface area contributed by atoms with Crippen LogP contribution in [-0.4, -0.2) is 79.0 Å². The number of rotatable bonds is 17. The number of unbranched alkanes of at least 4 members (excludes halogenated alkanes) is 2. The first kappa shape index (κ1) is 32.6. The van der Waals surface area contributed by atoms with E-state index in [1.807, 2.05) is 66.9 Å². The fourth-order valence-electron chi connectivity index (χ4n) is 5.60. The van der Waals surface area contributed by atoms with Crippen molar-refractivity contribution in [2.24, 2.45) is 0 Å². The van der Waals surface area contributed by atoms with Crippen LogP contribution in [-0.2, 0) is 15.9 Å². The molecular formula is C36H50N4O3. The number of benzene rings is 2. The Bertz CT molecular complexity index is 1200. The summed E-state index contributed by atoms with van der Waals surface area (Å²) < 4.78 is 11.9. The maximum Gasteiger partial charge on any atom is 0.412 e. The third-order valence-electron chi connectivity index (χ3n) is 8.38. The molecule has 2 heterocycles. The molecule has 0 unspecified atom stereocenters. The quantitative estimate of drug-likeness (QED) is 0.168. The number of likely N-dealkylation sites (tertiary alicyclic amines) is 1. The minimum absolute atomic E-state index is 0.386. The summed E-state index contributed by atoms with van der Waals surface area (Å²) in [6.45, 7) is 12.2. The predicted molar refractivity (Wildman–Crippen MR) is 175 cm³/mol. The molecular weight excluding hydrogens is 536 g/mol. The van der Waals surface area contributed by atoms with Crippen molar-refractivity contribution in [2.75, 3.05) is 57.8 Å². The highest BCUT2D eigenvalue weighted by atomic mass is 16.6. The van der Waals surface area contributed by atoms with Crippen molar-refractivity contribution in [1.82, 2.24) is 14.8 Å². The second-order valence-electron chi connectivity index (χ2n) is 11.7. The standard InChI is InChI=1S/C36H50N4O3/c1-3-39(26-20-32-17-9-10-23-37-32)24-11-13-29-42-30-14-12-25-40-27-21-36(2,22-28-40)43-35(41)38-34-19-8-7-18-33(34)31-15-5-4-6-16-31/h4-10,15-19,23H,3,11-14,20-22,24-30H2,1-2H3,(H,38,41). The highest BCUT2D eigenvalue weighted by Crippen LogP contribution is 2.30. The third kappa shape index (κ3) is 11.4. The van der Waals surface area contributed by atoms with Crippen LogP contribution in [0.5, 0.6) is 0 Å². The summed E-state index contributed by atoms with van der Waals surface area (Å²) in [5.41, 5.74) is 3.54. The number of para-hydroxylation sites is 1. The Morgan fingerprint density at radius 1 is 0.907 bits per heavy atom. The Morgan fingerprint density at radius 2 is 1.63 bits per heavy atom. The molecule has 43 heavy (non-hydrogen) atoms. The van der Waals surface area contributed by atoms with E-state index in [9.17, 15) is 4.79 Å². The molecule has 1 aliphatic rings. The van der Waals surface area contributed by atoms with Crippen molar-refractivity contribution >= 4 is 11.8 Å². The molecule has 1 saturated heterocycles. The summed E-state index contributed by atoms with van der Waals surface area (Å²) in [6, 6.07) is 24.1. The van der Waals surface area contributed by atoms with E-state index in [0.29, 0.717) is 0 Å². The second-order valence-corrected chi connectivity index (χ2v) is 11.7. The molecule has 2 aromatic carbocycles. The van der Waals surface area contributed by atoms with Gasteiger partial charge in [0, 0.05) is 56.7 Å². The van der Waals surface area contributed by atoms with Gasteiger partial charge in [-0.25, -0.2) is 4.79 Å². The molecule has 0 aliphatic carbocycles. The minimum Gasteiger partial charge on any atom is -0.443 e. The number of pyridine rings is 1. The van der Waals surface area contributed by atoms with Crippen LogP contribution in [0.15, 0.2) is 79.0 Å². The Morgan fingerprint density at radius 3 is 2.37 bits per heavy atom. The zero-order valence-corrected chi connectivity index (χ0v) is 26.2. The van der Waals surface area contributed by atoms with Gasteiger partial charge in [-0.15, -0.1) is 0 Å². The Labute approximate surface area is 258 Å². The third-order valence-corrected chi connectivity index (χ3v) is 8.38. The van der Waals surface area contributed by atoms with E-state index < -0.39 is 5.60 Å². The summed E-state index contributed by atoms with van der Waals surface area (Å²) in [7, 11) is 0. The Balaban J connectivity index is 1.03. The first-order chi connectivity index (χ1) is 21.0. The fourth-order valence-corrected chi connectivity index (χ4v) is 5.60. The van der Waals surface area contributed by atoms with E-state index in [0.717, 1.165) is 108 Å². The van der Waals surface area contributed by atoms with Gasteiger partial charge in [0.1, 0.15) is 5.60 Å². The van der Waals surface area contributed by atoms with Crippen LogP contribution in [0.3, 0.4) is 0 Å². The lowest BCUT2D eigenvalue weighted by Gasteiger charge is -2.38. The number of hydrogen-bond acceptors (Lipinski definition) is 6. The van der Waals surface area contributed by atoms with Gasteiger partial charge in [-0.2, -0.15) is 0 Å². The van der Waals surface area contributed by atoms with Gasteiger partial charge in [0.25, 0.3) is 0 Å². The van der Waals surface area contributed by atoms with Gasteiger partial charge >= 0.3 is 6.09 Å². The monoisotopic (exact) mass is 586 g/mol. The van der Waals surface area contributed by atoms with Crippen molar-refractivity contribution in [2.45, 2.75) is 64.4 Å². The van der Waals surface area contributed by atoms with Crippen LogP contribution in [0.1, 0.15) is 58.1 Å². The Hall–Kier alpha value is -3.26. The molecule has 1 fully saturated rings. The molecule has 4 rings (SSSR count). The van der Waals surface area contributed by atoms with Gasteiger partial charge in [-0.1, -0.05) is 61.5 Å². The second kappa shape index (κ2) is 17.8. The van der Waals surface area contributed by atoms with Gasteiger partial charge in [-0.3, -0.25) is 10.3 Å². The van der Waals surface area contributed by atoms with E-state index in [4.69, 9.17) is 9.47 Å². The van der Waals surface area contributed by atoms with Crippen LogP contribution in [0.4, 0.5) is 10.5 Å². The number of ether oxygens (including phenoxy) is 2. The molecule has 1 amide bonds.